The summed E-state index contributed by atoms with van der Waals surface area (Å²) in [5, 5.41) is 0. The Morgan fingerprint density at radius 3 is 2.24 bits per heavy atom. The van der Waals surface area contributed by atoms with Crippen molar-refractivity contribution in [2.75, 3.05) is 6.61 Å². The third-order valence-electron chi connectivity index (χ3n) is 5.70. The molecule has 0 bridgehead atoms. The van der Waals surface area contributed by atoms with Crippen molar-refractivity contribution in [1.82, 2.24) is 0 Å². The topological polar surface area (TPSA) is 26.3 Å². The van der Waals surface area contributed by atoms with Crippen molar-refractivity contribution >= 4 is 11.9 Å². The van der Waals surface area contributed by atoms with Gasteiger partial charge < -0.3 is 4.74 Å². The molecule has 0 fully saturated rings. The van der Waals surface area contributed by atoms with E-state index in [0.717, 1.165) is 36.2 Å². The third-order valence-corrected chi connectivity index (χ3v) is 5.70. The molecule has 0 unspecified atom stereocenters. The number of aldehydes is 1. The lowest BCUT2D eigenvalue weighted by atomic mass is 9.62. The summed E-state index contributed by atoms with van der Waals surface area (Å²) in [6.07, 6.45) is 8.31. The molecule has 1 aromatic carbocycles. The molecule has 2 rings (SSSR count). The van der Waals surface area contributed by atoms with Gasteiger partial charge in [0.15, 0.2) is 0 Å². The van der Waals surface area contributed by atoms with Crippen molar-refractivity contribution in [2.45, 2.75) is 84.5 Å². The lowest BCUT2D eigenvalue weighted by molar-refractivity contribution is -0.104. The van der Waals surface area contributed by atoms with Crippen molar-refractivity contribution in [2.24, 2.45) is 0 Å². The van der Waals surface area contributed by atoms with Gasteiger partial charge in [-0.05, 0) is 71.9 Å². The fourth-order valence-corrected chi connectivity index (χ4v) is 3.75. The van der Waals surface area contributed by atoms with E-state index in [1.54, 1.807) is 6.08 Å². The maximum atomic E-state index is 11.0. The molecule has 0 saturated heterocycles. The molecule has 0 atom stereocenters. The fraction of sp³-hybridized carbons (Fsp3) is 0.609. The normalized spacial score (nSPS) is 18.6. The summed E-state index contributed by atoms with van der Waals surface area (Å²) in [4.78, 5) is 11.0. The van der Waals surface area contributed by atoms with Crippen LogP contribution < -0.4 is 4.74 Å². The number of fused-ring (bicyclic) bond motifs is 1. The van der Waals surface area contributed by atoms with E-state index >= 15 is 0 Å². The first kappa shape index (κ1) is 19.8. The quantitative estimate of drug-likeness (QED) is 0.335. The zero-order chi connectivity index (χ0) is 18.7. The van der Waals surface area contributed by atoms with Crippen LogP contribution in [0.1, 0.15) is 90.3 Å². The molecule has 1 aliphatic carbocycles. The molecule has 25 heavy (non-hydrogen) atoms. The second-order valence-corrected chi connectivity index (χ2v) is 8.70. The van der Waals surface area contributed by atoms with E-state index in [2.05, 4.69) is 46.8 Å². The molecule has 0 N–H and O–H groups in total. The summed E-state index contributed by atoms with van der Waals surface area (Å²) >= 11 is 0. The van der Waals surface area contributed by atoms with Crippen molar-refractivity contribution in [3.05, 3.63) is 34.9 Å². The van der Waals surface area contributed by atoms with Crippen LogP contribution in [0.3, 0.4) is 0 Å². The average Bonchev–Trinajstić information content (AvgIpc) is 2.55. The molecule has 0 aromatic heterocycles. The van der Waals surface area contributed by atoms with Gasteiger partial charge in [-0.2, -0.15) is 0 Å². The monoisotopic (exact) mass is 342 g/mol. The summed E-state index contributed by atoms with van der Waals surface area (Å²) in [5.41, 5.74) is 5.15. The minimum atomic E-state index is 0.155. The Balaban J connectivity index is 2.53. The van der Waals surface area contributed by atoms with Gasteiger partial charge in [0.2, 0.25) is 0 Å². The zero-order valence-corrected chi connectivity index (χ0v) is 16.9. The van der Waals surface area contributed by atoms with Gasteiger partial charge in [0.25, 0.3) is 0 Å². The van der Waals surface area contributed by atoms with Crippen molar-refractivity contribution in [1.29, 1.82) is 0 Å². The molecular formula is C23H34O2. The predicted molar refractivity (Wildman–Crippen MR) is 106 cm³/mol. The van der Waals surface area contributed by atoms with Gasteiger partial charge in [0, 0.05) is 5.56 Å². The van der Waals surface area contributed by atoms with Crippen LogP contribution in [0.2, 0.25) is 0 Å². The van der Waals surface area contributed by atoms with Crippen LogP contribution in [0.4, 0.5) is 0 Å². The van der Waals surface area contributed by atoms with Crippen molar-refractivity contribution in [3.63, 3.8) is 0 Å². The van der Waals surface area contributed by atoms with Gasteiger partial charge in [-0.3, -0.25) is 4.79 Å². The third kappa shape index (κ3) is 4.34. The van der Waals surface area contributed by atoms with Crippen LogP contribution in [0.5, 0.6) is 5.75 Å². The highest BCUT2D eigenvalue weighted by Gasteiger charge is 2.38. The number of rotatable bonds is 7. The largest absolute Gasteiger partial charge is 0.493 e. The van der Waals surface area contributed by atoms with Crippen molar-refractivity contribution < 1.29 is 9.53 Å². The number of benzene rings is 1. The Labute approximate surface area is 153 Å². The highest BCUT2D eigenvalue weighted by molar-refractivity contribution is 5.83. The summed E-state index contributed by atoms with van der Waals surface area (Å²) < 4.78 is 6.18. The lowest BCUT2D eigenvalue weighted by Gasteiger charge is -2.42. The first-order valence-electron chi connectivity index (χ1n) is 9.67. The van der Waals surface area contributed by atoms with Gasteiger partial charge in [-0.1, -0.05) is 47.5 Å². The van der Waals surface area contributed by atoms with Crippen LogP contribution in [0.25, 0.3) is 5.57 Å². The zero-order valence-electron chi connectivity index (χ0n) is 16.9. The SMILES string of the molecule is CCCCCOc1cc2c(cc1C(C)=CC=O)C(C)(C)CCC2(C)C. The molecule has 1 aromatic rings. The molecule has 138 valence electrons. The van der Waals surface area contributed by atoms with Gasteiger partial charge in [-0.25, -0.2) is 0 Å². The van der Waals surface area contributed by atoms with Crippen molar-refractivity contribution in [3.8, 4) is 5.75 Å². The molecule has 2 heteroatoms. The van der Waals surface area contributed by atoms with Gasteiger partial charge in [-0.15, -0.1) is 0 Å². The molecule has 0 radical (unpaired) electrons. The van der Waals surface area contributed by atoms with Crippen LogP contribution in [-0.2, 0) is 15.6 Å². The highest BCUT2D eigenvalue weighted by atomic mass is 16.5. The van der Waals surface area contributed by atoms with Gasteiger partial charge in [0.1, 0.15) is 12.0 Å². The standard InChI is InChI=1S/C23H34O2/c1-7-8-9-14-25-21-16-20-19(15-18(21)17(2)10-13-24)22(3,4)11-12-23(20,5)6/h10,13,15-16H,7-9,11-12,14H2,1-6H3. The summed E-state index contributed by atoms with van der Waals surface area (Å²) in [6.45, 7) is 14.2. The number of carbonyl (C=O) groups excluding carboxylic acids is 1. The maximum Gasteiger partial charge on any atom is 0.143 e. The summed E-state index contributed by atoms with van der Waals surface area (Å²) in [5.74, 6) is 0.927. The first-order valence-corrected chi connectivity index (χ1v) is 9.67. The number of ether oxygens (including phenoxy) is 1. The number of hydrogen-bond acceptors (Lipinski definition) is 2. The molecule has 0 spiro atoms. The molecule has 1 aliphatic rings. The fourth-order valence-electron chi connectivity index (χ4n) is 3.75. The van der Waals surface area contributed by atoms with E-state index in [9.17, 15) is 4.79 Å². The number of carbonyl (C=O) groups is 1. The molecule has 0 heterocycles. The van der Waals surface area contributed by atoms with Crippen LogP contribution >= 0.6 is 0 Å². The number of allylic oxidation sites excluding steroid dienone is 2. The molecule has 0 saturated carbocycles. The van der Waals surface area contributed by atoms with Crippen LogP contribution in [0.15, 0.2) is 18.2 Å². The van der Waals surface area contributed by atoms with Gasteiger partial charge >= 0.3 is 0 Å². The summed E-state index contributed by atoms with van der Waals surface area (Å²) in [7, 11) is 0. The van der Waals surface area contributed by atoms with Crippen LogP contribution in [-0.4, -0.2) is 12.9 Å². The molecule has 0 amide bonds. The minimum absolute atomic E-state index is 0.155. The van der Waals surface area contributed by atoms with E-state index < -0.39 is 0 Å². The Bertz CT molecular complexity index is 650. The van der Waals surface area contributed by atoms with Gasteiger partial charge in [0.05, 0.1) is 6.61 Å². The summed E-state index contributed by atoms with van der Waals surface area (Å²) in [6, 6.07) is 4.53. The van der Waals surface area contributed by atoms with E-state index in [1.807, 2.05) is 6.92 Å². The highest BCUT2D eigenvalue weighted by Crippen LogP contribution is 2.48. The second kappa shape index (κ2) is 7.76. The van der Waals surface area contributed by atoms with E-state index in [-0.39, 0.29) is 10.8 Å². The average molecular weight is 343 g/mol. The van der Waals surface area contributed by atoms with E-state index in [4.69, 9.17) is 4.74 Å². The molecule has 0 aliphatic heterocycles. The molecular weight excluding hydrogens is 308 g/mol. The lowest BCUT2D eigenvalue weighted by Crippen LogP contribution is -2.34. The Morgan fingerprint density at radius 1 is 1.08 bits per heavy atom. The maximum absolute atomic E-state index is 11.0. The Hall–Kier alpha value is -1.57. The first-order chi connectivity index (χ1) is 11.7. The smallest absolute Gasteiger partial charge is 0.143 e. The van der Waals surface area contributed by atoms with E-state index in [0.29, 0.717) is 0 Å². The van der Waals surface area contributed by atoms with Crippen LogP contribution in [0, 0.1) is 0 Å². The minimum Gasteiger partial charge on any atom is -0.493 e. The predicted octanol–water partition coefficient (Wildman–Crippen LogP) is 6.21. The number of unbranched alkanes of at least 4 members (excludes halogenated alkanes) is 2. The Morgan fingerprint density at radius 2 is 1.68 bits per heavy atom. The van der Waals surface area contributed by atoms with E-state index in [1.165, 1.54) is 36.8 Å². The Kier molecular flexibility index (Phi) is 6.13. The molecule has 2 nitrogen and oxygen atoms in total. The second-order valence-electron chi connectivity index (χ2n) is 8.70. The number of hydrogen-bond donors (Lipinski definition) is 0.